The molecular formula is C20H18ClN3O2S. The first-order valence-electron chi connectivity index (χ1n) is 8.40. The summed E-state index contributed by atoms with van der Waals surface area (Å²) in [6, 6.07) is 17.0. The Kier molecular flexibility index (Phi) is 6.21. The third-order valence-electron chi connectivity index (χ3n) is 3.92. The van der Waals surface area contributed by atoms with E-state index in [2.05, 4.69) is 15.8 Å². The van der Waals surface area contributed by atoms with Crippen molar-refractivity contribution in [3.8, 4) is 10.6 Å². The summed E-state index contributed by atoms with van der Waals surface area (Å²) in [6.45, 7) is 1.77. The minimum absolute atomic E-state index is 0.223. The van der Waals surface area contributed by atoms with Gasteiger partial charge in [0, 0.05) is 17.0 Å². The molecule has 0 aliphatic carbocycles. The number of aromatic nitrogens is 1. The Bertz CT molecular complexity index is 957. The second-order valence-electron chi connectivity index (χ2n) is 5.89. The van der Waals surface area contributed by atoms with Crippen LogP contribution in [0.1, 0.15) is 27.3 Å². The molecule has 0 unspecified atom stereocenters. The molecule has 0 aliphatic heterocycles. The zero-order chi connectivity index (χ0) is 19.2. The van der Waals surface area contributed by atoms with Crippen LogP contribution in [-0.2, 0) is 11.2 Å². The second-order valence-corrected chi connectivity index (χ2v) is 7.30. The van der Waals surface area contributed by atoms with Crippen molar-refractivity contribution in [2.75, 3.05) is 0 Å². The highest BCUT2D eigenvalue weighted by Gasteiger charge is 2.16. The van der Waals surface area contributed by atoms with Crippen LogP contribution in [0.3, 0.4) is 0 Å². The summed E-state index contributed by atoms with van der Waals surface area (Å²) in [7, 11) is 0. The maximum Gasteiger partial charge on any atom is 0.281 e. The molecule has 0 fully saturated rings. The predicted octanol–water partition coefficient (Wildman–Crippen LogP) is 4.17. The third-order valence-corrected chi connectivity index (χ3v) is 5.49. The normalized spacial score (nSPS) is 10.4. The van der Waals surface area contributed by atoms with E-state index >= 15 is 0 Å². The van der Waals surface area contributed by atoms with Gasteiger partial charge in [-0.05, 0) is 25.0 Å². The lowest BCUT2D eigenvalue weighted by atomic mass is 10.1. The first-order chi connectivity index (χ1) is 13.0. The second kappa shape index (κ2) is 8.79. The molecule has 0 aliphatic rings. The van der Waals surface area contributed by atoms with Crippen molar-refractivity contribution >= 4 is 34.8 Å². The van der Waals surface area contributed by atoms with Crippen molar-refractivity contribution in [1.29, 1.82) is 0 Å². The van der Waals surface area contributed by atoms with Gasteiger partial charge in [-0.3, -0.25) is 20.4 Å². The Hall–Kier alpha value is -2.70. The van der Waals surface area contributed by atoms with Crippen LogP contribution in [0.2, 0.25) is 5.02 Å². The number of carbonyl (C=O) groups is 2. The van der Waals surface area contributed by atoms with E-state index < -0.39 is 0 Å². The topological polar surface area (TPSA) is 71.1 Å². The number of halogens is 1. The lowest BCUT2D eigenvalue weighted by Crippen LogP contribution is -2.41. The summed E-state index contributed by atoms with van der Waals surface area (Å²) < 4.78 is 0. The van der Waals surface area contributed by atoms with Crippen LogP contribution in [0.25, 0.3) is 10.6 Å². The zero-order valence-electron chi connectivity index (χ0n) is 14.7. The monoisotopic (exact) mass is 399 g/mol. The quantitative estimate of drug-likeness (QED) is 0.632. The third kappa shape index (κ3) is 4.93. The maximum atomic E-state index is 12.4. The predicted molar refractivity (Wildman–Crippen MR) is 108 cm³/mol. The summed E-state index contributed by atoms with van der Waals surface area (Å²) in [5.74, 6) is -0.660. The molecule has 1 heterocycles. The lowest BCUT2D eigenvalue weighted by Gasteiger charge is -2.07. The number of carbonyl (C=O) groups excluding carboxylic acids is 2. The van der Waals surface area contributed by atoms with Crippen molar-refractivity contribution in [1.82, 2.24) is 15.8 Å². The number of hydrogen-bond donors (Lipinski definition) is 2. The Morgan fingerprint density at radius 1 is 1.04 bits per heavy atom. The molecule has 5 nitrogen and oxygen atoms in total. The van der Waals surface area contributed by atoms with Crippen LogP contribution in [0.15, 0.2) is 54.6 Å². The largest absolute Gasteiger partial charge is 0.281 e. The summed E-state index contributed by atoms with van der Waals surface area (Å²) >= 11 is 7.37. The van der Waals surface area contributed by atoms with Crippen LogP contribution in [0, 0.1) is 6.92 Å². The number of thiazole rings is 1. The molecular weight excluding hydrogens is 382 g/mol. The van der Waals surface area contributed by atoms with Gasteiger partial charge in [-0.15, -0.1) is 11.3 Å². The SMILES string of the molecule is Cc1nc(-c2ccccc2)sc1C(=O)NNC(=O)CCc1ccccc1Cl. The molecule has 2 amide bonds. The Labute approximate surface area is 166 Å². The van der Waals surface area contributed by atoms with Gasteiger partial charge in [0.05, 0.1) is 5.69 Å². The summed E-state index contributed by atoms with van der Waals surface area (Å²) in [5, 5.41) is 1.39. The molecule has 138 valence electrons. The van der Waals surface area contributed by atoms with Gasteiger partial charge in [-0.1, -0.05) is 60.1 Å². The molecule has 0 radical (unpaired) electrons. The highest BCUT2D eigenvalue weighted by Crippen LogP contribution is 2.27. The molecule has 7 heteroatoms. The highest BCUT2D eigenvalue weighted by molar-refractivity contribution is 7.17. The molecule has 1 aromatic heterocycles. The average Bonchev–Trinajstić information content (AvgIpc) is 3.08. The van der Waals surface area contributed by atoms with Gasteiger partial charge >= 0.3 is 0 Å². The molecule has 0 saturated carbocycles. The van der Waals surface area contributed by atoms with Crippen molar-refractivity contribution < 1.29 is 9.59 Å². The van der Waals surface area contributed by atoms with Crippen molar-refractivity contribution in [2.24, 2.45) is 0 Å². The molecule has 0 atom stereocenters. The van der Waals surface area contributed by atoms with Crippen molar-refractivity contribution in [3.05, 3.63) is 75.8 Å². The fraction of sp³-hybridized carbons (Fsp3) is 0.150. The van der Waals surface area contributed by atoms with Gasteiger partial charge in [0.2, 0.25) is 5.91 Å². The van der Waals surface area contributed by atoms with Crippen LogP contribution in [0.4, 0.5) is 0 Å². The van der Waals surface area contributed by atoms with E-state index in [0.717, 1.165) is 16.1 Å². The fourth-order valence-electron chi connectivity index (χ4n) is 2.51. The van der Waals surface area contributed by atoms with E-state index in [-0.39, 0.29) is 18.2 Å². The first-order valence-corrected chi connectivity index (χ1v) is 9.59. The number of hydrazine groups is 1. The number of nitrogens with zero attached hydrogens (tertiary/aromatic N) is 1. The van der Waals surface area contributed by atoms with E-state index in [1.54, 1.807) is 13.0 Å². The smallest absolute Gasteiger partial charge is 0.273 e. The van der Waals surface area contributed by atoms with Crippen molar-refractivity contribution in [2.45, 2.75) is 19.8 Å². The molecule has 2 N–H and O–H groups in total. The van der Waals surface area contributed by atoms with Gasteiger partial charge in [0.1, 0.15) is 9.88 Å². The van der Waals surface area contributed by atoms with Gasteiger partial charge in [0.25, 0.3) is 5.91 Å². The number of amides is 2. The number of rotatable bonds is 5. The molecule has 3 rings (SSSR count). The zero-order valence-corrected chi connectivity index (χ0v) is 16.2. The molecule has 2 aromatic carbocycles. The van der Waals surface area contributed by atoms with Crippen molar-refractivity contribution in [3.63, 3.8) is 0 Å². The van der Waals surface area contributed by atoms with Crippen LogP contribution in [0.5, 0.6) is 0 Å². The molecule has 27 heavy (non-hydrogen) atoms. The molecule has 3 aromatic rings. The standard InChI is InChI=1S/C20H18ClN3O2S/c1-13-18(27-20(22-13)15-8-3-2-4-9-15)19(26)24-23-17(25)12-11-14-7-5-6-10-16(14)21/h2-10H,11-12H2,1H3,(H,23,25)(H,24,26). The lowest BCUT2D eigenvalue weighted by molar-refractivity contribution is -0.121. The van der Waals surface area contributed by atoms with E-state index in [0.29, 0.717) is 22.0 Å². The van der Waals surface area contributed by atoms with Crippen LogP contribution < -0.4 is 10.9 Å². The first kappa shape index (κ1) is 19.1. The minimum Gasteiger partial charge on any atom is -0.273 e. The highest BCUT2D eigenvalue weighted by atomic mass is 35.5. The van der Waals surface area contributed by atoms with Crippen LogP contribution >= 0.6 is 22.9 Å². The summed E-state index contributed by atoms with van der Waals surface area (Å²) in [6.07, 6.45) is 0.722. The maximum absolute atomic E-state index is 12.4. The van der Waals surface area contributed by atoms with Crippen LogP contribution in [-0.4, -0.2) is 16.8 Å². The molecule has 0 saturated heterocycles. The molecule has 0 spiro atoms. The number of benzene rings is 2. The fourth-order valence-corrected chi connectivity index (χ4v) is 3.70. The number of hydrogen-bond acceptors (Lipinski definition) is 4. The molecule has 0 bridgehead atoms. The van der Waals surface area contributed by atoms with Gasteiger partial charge < -0.3 is 0 Å². The summed E-state index contributed by atoms with van der Waals surface area (Å²) in [4.78, 5) is 29.3. The Morgan fingerprint density at radius 3 is 2.48 bits per heavy atom. The summed E-state index contributed by atoms with van der Waals surface area (Å²) in [5.41, 5.74) is 7.37. The minimum atomic E-state index is -0.377. The number of nitrogens with one attached hydrogen (secondary N) is 2. The van der Waals surface area contributed by atoms with E-state index in [1.165, 1.54) is 11.3 Å². The van der Waals surface area contributed by atoms with Gasteiger partial charge in [0.15, 0.2) is 0 Å². The average molecular weight is 400 g/mol. The Morgan fingerprint density at radius 2 is 1.74 bits per heavy atom. The Balaban J connectivity index is 1.55. The van der Waals surface area contributed by atoms with Gasteiger partial charge in [-0.2, -0.15) is 0 Å². The number of aryl methyl sites for hydroxylation is 2. The van der Waals surface area contributed by atoms with E-state index in [4.69, 9.17) is 11.6 Å². The van der Waals surface area contributed by atoms with Gasteiger partial charge in [-0.25, -0.2) is 4.98 Å². The van der Waals surface area contributed by atoms with E-state index in [1.807, 2.05) is 48.5 Å². The van der Waals surface area contributed by atoms with E-state index in [9.17, 15) is 9.59 Å².